The highest BCUT2D eigenvalue weighted by atomic mass is 16.4. The van der Waals surface area contributed by atoms with Crippen molar-refractivity contribution in [1.82, 2.24) is 5.32 Å². The molecule has 1 aromatic rings. The Labute approximate surface area is 87.6 Å². The van der Waals surface area contributed by atoms with E-state index in [0.29, 0.717) is 0 Å². The minimum atomic E-state index is -1.05. The van der Waals surface area contributed by atoms with Crippen LogP contribution in [0.2, 0.25) is 0 Å². The zero-order chi connectivity index (χ0) is 10.9. The van der Waals surface area contributed by atoms with Crippen molar-refractivity contribution in [3.05, 3.63) is 35.9 Å². The Morgan fingerprint density at radius 3 is 2.60 bits per heavy atom. The van der Waals surface area contributed by atoms with Gasteiger partial charge in [0.2, 0.25) is 0 Å². The second-order valence-electron chi connectivity index (χ2n) is 3.87. The number of hydrogen-bond acceptors (Lipinski definition) is 3. The van der Waals surface area contributed by atoms with Crippen molar-refractivity contribution in [3.8, 4) is 0 Å². The van der Waals surface area contributed by atoms with Gasteiger partial charge in [-0.15, -0.1) is 0 Å². The summed E-state index contributed by atoms with van der Waals surface area (Å²) >= 11 is 0. The lowest BCUT2D eigenvalue weighted by Gasteiger charge is -2.21. The SMILES string of the molecule is O=C(O)[C@@H]1C[C@](O)(c2ccccc2)CN1. The highest BCUT2D eigenvalue weighted by molar-refractivity contribution is 5.74. The van der Waals surface area contributed by atoms with Crippen molar-refractivity contribution < 1.29 is 15.0 Å². The van der Waals surface area contributed by atoms with Crippen LogP contribution >= 0.6 is 0 Å². The summed E-state index contributed by atoms with van der Waals surface area (Å²) in [6, 6.07) is 8.50. The topological polar surface area (TPSA) is 69.6 Å². The summed E-state index contributed by atoms with van der Waals surface area (Å²) in [6.07, 6.45) is 0.215. The first kappa shape index (κ1) is 10.1. The van der Waals surface area contributed by atoms with Crippen LogP contribution < -0.4 is 5.32 Å². The van der Waals surface area contributed by atoms with Crippen molar-refractivity contribution in [2.24, 2.45) is 0 Å². The average Bonchev–Trinajstić information content (AvgIpc) is 2.64. The van der Waals surface area contributed by atoms with Crippen molar-refractivity contribution >= 4 is 5.97 Å². The highest BCUT2D eigenvalue weighted by Crippen LogP contribution is 2.30. The number of carboxylic acids is 1. The van der Waals surface area contributed by atoms with E-state index in [1.54, 1.807) is 0 Å². The van der Waals surface area contributed by atoms with Gasteiger partial charge in [-0.1, -0.05) is 30.3 Å². The van der Waals surface area contributed by atoms with E-state index >= 15 is 0 Å². The Bertz CT molecular complexity index is 365. The molecule has 0 aliphatic carbocycles. The van der Waals surface area contributed by atoms with E-state index in [1.165, 1.54) is 0 Å². The molecule has 0 bridgehead atoms. The van der Waals surface area contributed by atoms with E-state index in [4.69, 9.17) is 5.11 Å². The number of carbonyl (C=O) groups is 1. The zero-order valence-corrected chi connectivity index (χ0v) is 8.18. The maximum absolute atomic E-state index is 10.7. The molecule has 2 atom stereocenters. The normalized spacial score (nSPS) is 30.3. The second kappa shape index (κ2) is 3.64. The molecule has 0 unspecified atom stereocenters. The lowest BCUT2D eigenvalue weighted by molar-refractivity contribution is -0.139. The number of rotatable bonds is 2. The molecule has 4 nitrogen and oxygen atoms in total. The van der Waals surface area contributed by atoms with Crippen LogP contribution in [-0.4, -0.2) is 28.8 Å². The molecular weight excluding hydrogens is 194 g/mol. The van der Waals surface area contributed by atoms with Crippen LogP contribution in [0.4, 0.5) is 0 Å². The highest BCUT2D eigenvalue weighted by Gasteiger charge is 2.41. The van der Waals surface area contributed by atoms with E-state index in [9.17, 15) is 9.90 Å². The molecule has 80 valence electrons. The molecule has 1 aromatic carbocycles. The fraction of sp³-hybridized carbons (Fsp3) is 0.364. The van der Waals surface area contributed by atoms with Crippen molar-refractivity contribution in [2.75, 3.05) is 6.54 Å². The Morgan fingerprint density at radius 1 is 1.40 bits per heavy atom. The number of aliphatic hydroxyl groups is 1. The Balaban J connectivity index is 2.20. The molecule has 4 heteroatoms. The van der Waals surface area contributed by atoms with Crippen molar-refractivity contribution in [1.29, 1.82) is 0 Å². The molecule has 1 fully saturated rings. The van der Waals surface area contributed by atoms with Gasteiger partial charge in [0, 0.05) is 13.0 Å². The quantitative estimate of drug-likeness (QED) is 0.653. The van der Waals surface area contributed by atoms with Crippen LogP contribution in [0.1, 0.15) is 12.0 Å². The van der Waals surface area contributed by atoms with Crippen LogP contribution in [-0.2, 0) is 10.4 Å². The third-order valence-electron chi connectivity index (χ3n) is 2.79. The van der Waals surface area contributed by atoms with Crippen LogP contribution in [0.3, 0.4) is 0 Å². The van der Waals surface area contributed by atoms with Gasteiger partial charge < -0.3 is 15.5 Å². The van der Waals surface area contributed by atoms with E-state index in [-0.39, 0.29) is 13.0 Å². The average molecular weight is 207 g/mol. The molecule has 2 rings (SSSR count). The number of β-amino-alcohol motifs (C(OH)–C–C–N with tert-alkyl or cyclic N) is 1. The maximum Gasteiger partial charge on any atom is 0.320 e. The molecule has 1 heterocycles. The Hall–Kier alpha value is -1.39. The van der Waals surface area contributed by atoms with Gasteiger partial charge in [-0.3, -0.25) is 4.79 Å². The number of benzene rings is 1. The van der Waals surface area contributed by atoms with Gasteiger partial charge in [0.25, 0.3) is 0 Å². The minimum Gasteiger partial charge on any atom is -0.480 e. The fourth-order valence-electron chi connectivity index (χ4n) is 1.92. The van der Waals surface area contributed by atoms with Crippen LogP contribution in [0.5, 0.6) is 0 Å². The van der Waals surface area contributed by atoms with E-state index in [0.717, 1.165) is 5.56 Å². The van der Waals surface area contributed by atoms with Crippen molar-refractivity contribution in [2.45, 2.75) is 18.1 Å². The molecule has 1 aliphatic heterocycles. The summed E-state index contributed by atoms with van der Waals surface area (Å²) in [5.41, 5.74) is -0.286. The molecule has 0 saturated carbocycles. The van der Waals surface area contributed by atoms with E-state index in [1.807, 2.05) is 30.3 Å². The van der Waals surface area contributed by atoms with Crippen LogP contribution in [0.15, 0.2) is 30.3 Å². The summed E-state index contributed by atoms with van der Waals surface area (Å²) < 4.78 is 0. The first-order valence-corrected chi connectivity index (χ1v) is 4.86. The van der Waals surface area contributed by atoms with E-state index in [2.05, 4.69) is 5.32 Å². The van der Waals surface area contributed by atoms with Crippen LogP contribution in [0.25, 0.3) is 0 Å². The van der Waals surface area contributed by atoms with E-state index < -0.39 is 17.6 Å². The summed E-state index contributed by atoms with van der Waals surface area (Å²) in [5, 5.41) is 21.9. The summed E-state index contributed by atoms with van der Waals surface area (Å²) in [5.74, 6) is -0.915. The summed E-state index contributed by atoms with van der Waals surface area (Å²) in [7, 11) is 0. The van der Waals surface area contributed by atoms with Gasteiger partial charge in [0.05, 0.1) is 0 Å². The largest absolute Gasteiger partial charge is 0.480 e. The summed E-state index contributed by atoms with van der Waals surface area (Å²) in [6.45, 7) is 0.286. The van der Waals surface area contributed by atoms with Gasteiger partial charge in [-0.2, -0.15) is 0 Å². The first-order valence-electron chi connectivity index (χ1n) is 4.86. The lowest BCUT2D eigenvalue weighted by Crippen LogP contribution is -2.30. The number of aliphatic carboxylic acids is 1. The molecule has 0 aromatic heterocycles. The van der Waals surface area contributed by atoms with Crippen molar-refractivity contribution in [3.63, 3.8) is 0 Å². The molecular formula is C11H13NO3. The third kappa shape index (κ3) is 1.86. The molecule has 1 aliphatic rings. The van der Waals surface area contributed by atoms with Gasteiger partial charge in [-0.05, 0) is 5.56 Å². The molecule has 15 heavy (non-hydrogen) atoms. The molecule has 0 radical (unpaired) electrons. The number of hydrogen-bond donors (Lipinski definition) is 3. The number of carboxylic acid groups (broad SMARTS) is 1. The zero-order valence-electron chi connectivity index (χ0n) is 8.18. The molecule has 0 spiro atoms. The van der Waals surface area contributed by atoms with Gasteiger partial charge in [-0.25, -0.2) is 0 Å². The second-order valence-corrected chi connectivity index (χ2v) is 3.87. The Kier molecular flexibility index (Phi) is 2.46. The molecule has 1 saturated heterocycles. The third-order valence-corrected chi connectivity index (χ3v) is 2.79. The summed E-state index contributed by atoms with van der Waals surface area (Å²) in [4.78, 5) is 10.7. The predicted molar refractivity (Wildman–Crippen MR) is 54.4 cm³/mol. The lowest BCUT2D eigenvalue weighted by atomic mass is 9.91. The number of nitrogens with one attached hydrogen (secondary N) is 1. The van der Waals surface area contributed by atoms with Gasteiger partial charge >= 0.3 is 5.97 Å². The van der Waals surface area contributed by atoms with Gasteiger partial charge in [0.1, 0.15) is 11.6 Å². The molecule has 3 N–H and O–H groups in total. The molecule has 0 amide bonds. The maximum atomic E-state index is 10.7. The first-order chi connectivity index (χ1) is 7.12. The Morgan fingerprint density at radius 2 is 2.07 bits per heavy atom. The standard InChI is InChI=1S/C11H13NO3/c13-10(14)9-6-11(15,7-12-9)8-4-2-1-3-5-8/h1-5,9,12,15H,6-7H2,(H,13,14)/t9-,11+/m0/s1. The van der Waals surface area contributed by atoms with Gasteiger partial charge in [0.15, 0.2) is 0 Å². The minimum absolute atomic E-state index is 0.215. The fourth-order valence-corrected chi connectivity index (χ4v) is 1.92. The van der Waals surface area contributed by atoms with Crippen LogP contribution in [0, 0.1) is 0 Å². The smallest absolute Gasteiger partial charge is 0.320 e. The monoisotopic (exact) mass is 207 g/mol. The predicted octanol–water partition coefficient (Wildman–Crippen LogP) is 0.321.